The van der Waals surface area contributed by atoms with Gasteiger partial charge in [0.15, 0.2) is 0 Å². The summed E-state index contributed by atoms with van der Waals surface area (Å²) in [6.45, 7) is 7.05. The second kappa shape index (κ2) is 9.08. The number of carbonyl (C=O) groups excluding carboxylic acids is 2. The SMILES string of the molecule is COc1cc(C(=O)O)ccc1CCNC(=O)C1CCCN1C(=O)CC(C)(C)C. The number of hydrogen-bond donors (Lipinski definition) is 2. The number of hydrogen-bond acceptors (Lipinski definition) is 4. The largest absolute Gasteiger partial charge is 0.496 e. The van der Waals surface area contributed by atoms with Crippen LogP contribution in [0.3, 0.4) is 0 Å². The zero-order valence-electron chi connectivity index (χ0n) is 17.1. The van der Waals surface area contributed by atoms with Gasteiger partial charge in [0.25, 0.3) is 0 Å². The molecule has 0 radical (unpaired) electrons. The standard InChI is InChI=1S/C21H30N2O5/c1-21(2,3)13-18(24)23-11-5-6-16(23)19(25)22-10-9-14-7-8-15(20(26)27)12-17(14)28-4/h7-8,12,16H,5-6,9-11,13H2,1-4H3,(H,22,25)(H,26,27). The lowest BCUT2D eigenvalue weighted by Gasteiger charge is -2.27. The lowest BCUT2D eigenvalue weighted by Crippen LogP contribution is -2.47. The van der Waals surface area contributed by atoms with Crippen molar-refractivity contribution < 1.29 is 24.2 Å². The number of carboxylic acid groups (broad SMARTS) is 1. The Morgan fingerprint density at radius 2 is 2.00 bits per heavy atom. The first-order chi connectivity index (χ1) is 13.1. The molecule has 1 atom stereocenters. The topological polar surface area (TPSA) is 95.9 Å². The number of carboxylic acids is 1. The van der Waals surface area contributed by atoms with Crippen molar-refractivity contribution in [3.05, 3.63) is 29.3 Å². The van der Waals surface area contributed by atoms with Crippen molar-refractivity contribution in [1.29, 1.82) is 0 Å². The quantitative estimate of drug-likeness (QED) is 0.746. The first kappa shape index (κ1) is 21.7. The van der Waals surface area contributed by atoms with E-state index in [9.17, 15) is 14.4 Å². The summed E-state index contributed by atoms with van der Waals surface area (Å²) in [5.41, 5.74) is 0.864. The van der Waals surface area contributed by atoms with E-state index in [1.54, 1.807) is 11.0 Å². The molecule has 7 nitrogen and oxygen atoms in total. The Morgan fingerprint density at radius 3 is 2.61 bits per heavy atom. The van der Waals surface area contributed by atoms with Crippen molar-refractivity contribution in [2.45, 2.75) is 52.5 Å². The highest BCUT2D eigenvalue weighted by Crippen LogP contribution is 2.25. The molecule has 2 N–H and O–H groups in total. The summed E-state index contributed by atoms with van der Waals surface area (Å²) in [6.07, 6.45) is 2.44. The van der Waals surface area contributed by atoms with E-state index < -0.39 is 12.0 Å². The predicted octanol–water partition coefficient (Wildman–Crippen LogP) is 2.48. The average molecular weight is 390 g/mol. The number of benzene rings is 1. The molecule has 154 valence electrons. The Balaban J connectivity index is 1.93. The number of aromatic carboxylic acids is 1. The highest BCUT2D eigenvalue weighted by Gasteiger charge is 2.35. The Hall–Kier alpha value is -2.57. The smallest absolute Gasteiger partial charge is 0.335 e. The Kier molecular flexibility index (Phi) is 7.05. The van der Waals surface area contributed by atoms with Gasteiger partial charge in [-0.2, -0.15) is 0 Å². The van der Waals surface area contributed by atoms with Gasteiger partial charge in [-0.15, -0.1) is 0 Å². The molecular weight excluding hydrogens is 360 g/mol. The maximum Gasteiger partial charge on any atom is 0.335 e. The number of carbonyl (C=O) groups is 3. The van der Waals surface area contributed by atoms with E-state index in [4.69, 9.17) is 9.84 Å². The number of nitrogens with zero attached hydrogens (tertiary/aromatic N) is 1. The van der Waals surface area contributed by atoms with Gasteiger partial charge in [0.2, 0.25) is 11.8 Å². The minimum absolute atomic E-state index is 0.0241. The molecule has 7 heteroatoms. The molecular formula is C21H30N2O5. The number of likely N-dealkylation sites (tertiary alicyclic amines) is 1. The van der Waals surface area contributed by atoms with Crippen LogP contribution in [0.5, 0.6) is 5.75 Å². The van der Waals surface area contributed by atoms with Crippen LogP contribution >= 0.6 is 0 Å². The summed E-state index contributed by atoms with van der Waals surface area (Å²) in [5.74, 6) is -0.645. The van der Waals surface area contributed by atoms with E-state index in [1.807, 2.05) is 20.8 Å². The van der Waals surface area contributed by atoms with Crippen molar-refractivity contribution in [3.8, 4) is 5.75 Å². The van der Waals surface area contributed by atoms with Gasteiger partial charge >= 0.3 is 5.97 Å². The molecule has 1 aromatic rings. The highest BCUT2D eigenvalue weighted by molar-refractivity contribution is 5.89. The van der Waals surface area contributed by atoms with Crippen molar-refractivity contribution in [3.63, 3.8) is 0 Å². The van der Waals surface area contributed by atoms with E-state index in [1.165, 1.54) is 19.2 Å². The van der Waals surface area contributed by atoms with Gasteiger partial charge in [-0.3, -0.25) is 9.59 Å². The van der Waals surface area contributed by atoms with Gasteiger partial charge in [-0.05, 0) is 42.4 Å². The summed E-state index contributed by atoms with van der Waals surface area (Å²) >= 11 is 0. The second-order valence-corrected chi connectivity index (χ2v) is 8.36. The third-order valence-electron chi connectivity index (χ3n) is 4.78. The summed E-state index contributed by atoms with van der Waals surface area (Å²) in [4.78, 5) is 37.9. The van der Waals surface area contributed by atoms with Gasteiger partial charge < -0.3 is 20.1 Å². The van der Waals surface area contributed by atoms with E-state index in [2.05, 4.69) is 5.32 Å². The lowest BCUT2D eigenvalue weighted by atomic mass is 9.91. The van der Waals surface area contributed by atoms with Crippen LogP contribution in [0.15, 0.2) is 18.2 Å². The van der Waals surface area contributed by atoms with Gasteiger partial charge in [0, 0.05) is 19.5 Å². The molecule has 0 saturated carbocycles. The molecule has 1 saturated heterocycles. The molecule has 1 aliphatic heterocycles. The molecule has 0 bridgehead atoms. The third-order valence-corrected chi connectivity index (χ3v) is 4.78. The van der Waals surface area contributed by atoms with Gasteiger partial charge in [-0.1, -0.05) is 26.8 Å². The summed E-state index contributed by atoms with van der Waals surface area (Å²) in [7, 11) is 1.49. The van der Waals surface area contributed by atoms with Gasteiger partial charge in [0.05, 0.1) is 12.7 Å². The van der Waals surface area contributed by atoms with Crippen LogP contribution in [0, 0.1) is 5.41 Å². The number of methoxy groups -OCH3 is 1. The number of nitrogens with one attached hydrogen (secondary N) is 1. The Morgan fingerprint density at radius 1 is 1.29 bits per heavy atom. The molecule has 1 unspecified atom stereocenters. The molecule has 1 aliphatic rings. The molecule has 2 amide bonds. The number of ether oxygens (including phenoxy) is 1. The first-order valence-corrected chi connectivity index (χ1v) is 9.60. The normalized spacial score (nSPS) is 16.7. The maximum atomic E-state index is 12.6. The molecule has 0 aliphatic carbocycles. The van der Waals surface area contributed by atoms with Crippen LogP contribution in [-0.2, 0) is 16.0 Å². The molecule has 2 rings (SSSR count). The highest BCUT2D eigenvalue weighted by atomic mass is 16.5. The maximum absolute atomic E-state index is 12.6. The first-order valence-electron chi connectivity index (χ1n) is 9.60. The molecule has 0 aromatic heterocycles. The minimum Gasteiger partial charge on any atom is -0.496 e. The van der Waals surface area contributed by atoms with Gasteiger partial charge in [0.1, 0.15) is 11.8 Å². The second-order valence-electron chi connectivity index (χ2n) is 8.36. The van der Waals surface area contributed by atoms with Crippen LogP contribution in [0.25, 0.3) is 0 Å². The fourth-order valence-electron chi connectivity index (χ4n) is 3.42. The third kappa shape index (κ3) is 5.71. The number of amides is 2. The summed E-state index contributed by atoms with van der Waals surface area (Å²) in [6, 6.07) is 4.28. The predicted molar refractivity (Wildman–Crippen MR) is 105 cm³/mol. The average Bonchev–Trinajstić information content (AvgIpc) is 3.10. The lowest BCUT2D eigenvalue weighted by molar-refractivity contribution is -0.139. The van der Waals surface area contributed by atoms with Crippen LogP contribution < -0.4 is 10.1 Å². The van der Waals surface area contributed by atoms with E-state index in [-0.39, 0.29) is 22.8 Å². The van der Waals surface area contributed by atoms with E-state index >= 15 is 0 Å². The van der Waals surface area contributed by atoms with Crippen molar-refractivity contribution in [2.24, 2.45) is 5.41 Å². The molecule has 0 spiro atoms. The van der Waals surface area contributed by atoms with Crippen molar-refractivity contribution in [1.82, 2.24) is 10.2 Å². The van der Waals surface area contributed by atoms with Crippen LogP contribution in [0.2, 0.25) is 0 Å². The molecule has 28 heavy (non-hydrogen) atoms. The Bertz CT molecular complexity index is 739. The minimum atomic E-state index is -1.01. The van der Waals surface area contributed by atoms with Crippen LogP contribution in [0.4, 0.5) is 0 Å². The zero-order valence-corrected chi connectivity index (χ0v) is 17.1. The van der Waals surface area contributed by atoms with Gasteiger partial charge in [-0.25, -0.2) is 4.79 Å². The van der Waals surface area contributed by atoms with E-state index in [0.29, 0.717) is 38.1 Å². The van der Waals surface area contributed by atoms with Crippen LogP contribution in [-0.4, -0.2) is 54.0 Å². The molecule has 1 heterocycles. The fourth-order valence-corrected chi connectivity index (χ4v) is 3.42. The van der Waals surface area contributed by atoms with Crippen LogP contribution in [0.1, 0.15) is 56.0 Å². The fraction of sp³-hybridized carbons (Fsp3) is 0.571. The summed E-state index contributed by atoms with van der Waals surface area (Å²) in [5, 5.41) is 12.0. The Labute approximate surface area is 166 Å². The monoisotopic (exact) mass is 390 g/mol. The molecule has 1 fully saturated rings. The van der Waals surface area contributed by atoms with E-state index in [0.717, 1.165) is 12.0 Å². The van der Waals surface area contributed by atoms with Crippen molar-refractivity contribution >= 4 is 17.8 Å². The molecule has 1 aromatic carbocycles. The van der Waals surface area contributed by atoms with Crippen molar-refractivity contribution in [2.75, 3.05) is 20.2 Å². The summed E-state index contributed by atoms with van der Waals surface area (Å²) < 4.78 is 5.26. The number of rotatable bonds is 7. The zero-order chi connectivity index (χ0) is 20.9.